The summed E-state index contributed by atoms with van der Waals surface area (Å²) >= 11 is 0. The third kappa shape index (κ3) is 2.42. The fourth-order valence-electron chi connectivity index (χ4n) is 0.921. The van der Waals surface area contributed by atoms with E-state index in [0.717, 1.165) is 16.8 Å². The van der Waals surface area contributed by atoms with Crippen molar-refractivity contribution in [2.45, 2.75) is 20.8 Å². The van der Waals surface area contributed by atoms with Crippen LogP contribution in [0.4, 0.5) is 0 Å². The first-order valence-corrected chi connectivity index (χ1v) is 4.21. The molecule has 0 aliphatic rings. The van der Waals surface area contributed by atoms with Crippen LogP contribution >= 0.6 is 0 Å². The van der Waals surface area contributed by atoms with E-state index >= 15 is 0 Å². The van der Waals surface area contributed by atoms with Gasteiger partial charge in [-0.25, -0.2) is 0 Å². The highest BCUT2D eigenvalue weighted by Crippen LogP contribution is 2.15. The molecular formula is C11H17N. The van der Waals surface area contributed by atoms with Gasteiger partial charge >= 0.3 is 0 Å². The van der Waals surface area contributed by atoms with Crippen LogP contribution < -0.4 is 0 Å². The lowest BCUT2D eigenvalue weighted by Crippen LogP contribution is -1.79. The molecule has 0 saturated heterocycles. The van der Waals surface area contributed by atoms with Gasteiger partial charge in [0.2, 0.25) is 0 Å². The summed E-state index contributed by atoms with van der Waals surface area (Å²) in [5.74, 6) is 0. The van der Waals surface area contributed by atoms with E-state index in [9.17, 15) is 0 Å². The Morgan fingerprint density at radius 2 is 2.08 bits per heavy atom. The van der Waals surface area contributed by atoms with Gasteiger partial charge in [-0.1, -0.05) is 33.1 Å². The van der Waals surface area contributed by atoms with Gasteiger partial charge < -0.3 is 4.98 Å². The van der Waals surface area contributed by atoms with Crippen molar-refractivity contribution in [2.75, 3.05) is 0 Å². The van der Waals surface area contributed by atoms with Gasteiger partial charge in [-0.2, -0.15) is 0 Å². The minimum absolute atomic E-state index is 1.04. The van der Waals surface area contributed by atoms with Gasteiger partial charge in [0.1, 0.15) is 0 Å². The summed E-state index contributed by atoms with van der Waals surface area (Å²) in [5.41, 5.74) is 3.24. The van der Waals surface area contributed by atoms with E-state index in [2.05, 4.69) is 18.1 Å². The Morgan fingerprint density at radius 1 is 1.50 bits per heavy atom. The van der Waals surface area contributed by atoms with Gasteiger partial charge in [-0.3, -0.25) is 0 Å². The standard InChI is InChI=1S/C9H11N.C2H6/c1-4-8-5-6-10-9(8)7(2)3;1-2/h4-6,10H,1-2H2,3H3;1-2H3. The van der Waals surface area contributed by atoms with Crippen LogP contribution in [0.3, 0.4) is 0 Å². The van der Waals surface area contributed by atoms with Crippen LogP contribution in [0.25, 0.3) is 11.6 Å². The van der Waals surface area contributed by atoms with Crippen LogP contribution in [0.15, 0.2) is 25.4 Å². The first-order chi connectivity index (χ1) is 5.75. The normalized spacial score (nSPS) is 8.25. The summed E-state index contributed by atoms with van der Waals surface area (Å²) < 4.78 is 0. The van der Waals surface area contributed by atoms with Crippen LogP contribution in [0, 0.1) is 0 Å². The molecule has 0 aliphatic carbocycles. The Kier molecular flexibility index (Phi) is 4.86. The summed E-state index contributed by atoms with van der Waals surface area (Å²) in [4.78, 5) is 3.09. The van der Waals surface area contributed by atoms with E-state index in [1.807, 2.05) is 39.1 Å². The van der Waals surface area contributed by atoms with Crippen molar-refractivity contribution >= 4 is 11.6 Å². The molecule has 66 valence electrons. The van der Waals surface area contributed by atoms with Crippen molar-refractivity contribution in [3.05, 3.63) is 36.7 Å². The van der Waals surface area contributed by atoms with E-state index in [4.69, 9.17) is 0 Å². The maximum Gasteiger partial charge on any atom is 0.0477 e. The van der Waals surface area contributed by atoms with Crippen LogP contribution in [-0.2, 0) is 0 Å². The topological polar surface area (TPSA) is 15.8 Å². The molecule has 1 N–H and O–H groups in total. The maximum atomic E-state index is 3.83. The lowest BCUT2D eigenvalue weighted by Gasteiger charge is -1.95. The molecule has 1 nitrogen and oxygen atoms in total. The molecule has 0 aliphatic heterocycles. The van der Waals surface area contributed by atoms with Crippen molar-refractivity contribution in [3.63, 3.8) is 0 Å². The van der Waals surface area contributed by atoms with Crippen molar-refractivity contribution in [1.82, 2.24) is 4.98 Å². The van der Waals surface area contributed by atoms with E-state index in [-0.39, 0.29) is 0 Å². The summed E-state index contributed by atoms with van der Waals surface area (Å²) in [6.07, 6.45) is 3.71. The molecular weight excluding hydrogens is 146 g/mol. The molecule has 0 saturated carbocycles. The van der Waals surface area contributed by atoms with Crippen molar-refractivity contribution in [3.8, 4) is 0 Å². The van der Waals surface area contributed by atoms with Gasteiger partial charge in [0.15, 0.2) is 0 Å². The van der Waals surface area contributed by atoms with Gasteiger partial charge in [0.05, 0.1) is 0 Å². The molecule has 0 fully saturated rings. The summed E-state index contributed by atoms with van der Waals surface area (Å²) in [6.45, 7) is 13.5. The lowest BCUT2D eigenvalue weighted by molar-refractivity contribution is 1.34. The molecule has 1 heteroatoms. The highest BCUT2D eigenvalue weighted by molar-refractivity contribution is 5.68. The van der Waals surface area contributed by atoms with Crippen LogP contribution in [0.1, 0.15) is 32.0 Å². The zero-order valence-electron chi connectivity index (χ0n) is 8.15. The molecule has 0 bridgehead atoms. The number of hydrogen-bond acceptors (Lipinski definition) is 0. The van der Waals surface area contributed by atoms with Crippen molar-refractivity contribution in [1.29, 1.82) is 0 Å². The average Bonchev–Trinajstić information content (AvgIpc) is 2.55. The Morgan fingerprint density at radius 3 is 2.42 bits per heavy atom. The third-order valence-corrected chi connectivity index (χ3v) is 1.43. The van der Waals surface area contributed by atoms with Crippen molar-refractivity contribution in [2.24, 2.45) is 0 Å². The third-order valence-electron chi connectivity index (χ3n) is 1.43. The lowest BCUT2D eigenvalue weighted by atomic mass is 10.1. The number of rotatable bonds is 2. The molecule has 0 atom stereocenters. The highest BCUT2D eigenvalue weighted by atomic mass is 14.7. The average molecular weight is 163 g/mol. The number of aromatic nitrogens is 1. The minimum Gasteiger partial charge on any atom is -0.361 e. The van der Waals surface area contributed by atoms with Gasteiger partial charge in [-0.15, -0.1) is 0 Å². The van der Waals surface area contributed by atoms with Gasteiger partial charge in [0, 0.05) is 11.9 Å². The molecule has 0 unspecified atom stereocenters. The fourth-order valence-corrected chi connectivity index (χ4v) is 0.921. The van der Waals surface area contributed by atoms with Gasteiger partial charge in [-0.05, 0) is 24.1 Å². The Labute approximate surface area is 74.8 Å². The highest BCUT2D eigenvalue weighted by Gasteiger charge is 1.98. The van der Waals surface area contributed by atoms with Crippen LogP contribution in [0.2, 0.25) is 0 Å². The number of H-pyrrole nitrogens is 1. The molecule has 1 rings (SSSR count). The van der Waals surface area contributed by atoms with E-state index in [1.165, 1.54) is 0 Å². The molecule has 0 aromatic carbocycles. The molecule has 1 aromatic rings. The number of aromatic amines is 1. The van der Waals surface area contributed by atoms with Crippen LogP contribution in [0.5, 0.6) is 0 Å². The molecule has 0 amide bonds. The predicted molar refractivity (Wildman–Crippen MR) is 56.9 cm³/mol. The minimum atomic E-state index is 1.04. The van der Waals surface area contributed by atoms with Gasteiger partial charge in [0.25, 0.3) is 0 Å². The first kappa shape index (κ1) is 10.8. The Bertz CT molecular complexity index is 256. The van der Waals surface area contributed by atoms with E-state index in [0.29, 0.717) is 0 Å². The molecule has 0 spiro atoms. The predicted octanol–water partition coefficient (Wildman–Crippen LogP) is 3.72. The quantitative estimate of drug-likeness (QED) is 0.684. The van der Waals surface area contributed by atoms with Crippen molar-refractivity contribution < 1.29 is 0 Å². The SMILES string of the molecule is C=Cc1cc[nH]c1C(=C)C.CC. The summed E-state index contributed by atoms with van der Waals surface area (Å²) in [5, 5.41) is 0. The first-order valence-electron chi connectivity index (χ1n) is 4.21. The second-order valence-electron chi connectivity index (χ2n) is 2.29. The molecule has 0 radical (unpaired) electrons. The molecule has 1 aromatic heterocycles. The van der Waals surface area contributed by atoms with E-state index < -0.39 is 0 Å². The smallest absolute Gasteiger partial charge is 0.0477 e. The largest absolute Gasteiger partial charge is 0.361 e. The summed E-state index contributed by atoms with van der Waals surface area (Å²) in [7, 11) is 0. The molecule has 12 heavy (non-hydrogen) atoms. The second kappa shape index (κ2) is 5.42. The Hall–Kier alpha value is -1.24. The zero-order valence-corrected chi connectivity index (χ0v) is 8.15. The zero-order chi connectivity index (χ0) is 9.56. The monoisotopic (exact) mass is 163 g/mol. The van der Waals surface area contributed by atoms with Crippen LogP contribution in [-0.4, -0.2) is 4.98 Å². The molecule has 1 heterocycles. The number of nitrogens with one attached hydrogen (secondary N) is 1. The Balaban J connectivity index is 0.000000561. The second-order valence-corrected chi connectivity index (χ2v) is 2.29. The number of allylic oxidation sites excluding steroid dienone is 1. The maximum absolute atomic E-state index is 3.83. The number of hydrogen-bond donors (Lipinski definition) is 1. The fraction of sp³-hybridized carbons (Fsp3) is 0.273. The van der Waals surface area contributed by atoms with E-state index in [1.54, 1.807) is 0 Å². The summed E-state index contributed by atoms with van der Waals surface area (Å²) in [6, 6.07) is 1.98.